The summed E-state index contributed by atoms with van der Waals surface area (Å²) >= 11 is 0. The van der Waals surface area contributed by atoms with Gasteiger partial charge in [-0.3, -0.25) is 0 Å². The lowest BCUT2D eigenvalue weighted by Crippen LogP contribution is -1.95. The summed E-state index contributed by atoms with van der Waals surface area (Å²) in [7, 11) is 0. The van der Waals surface area contributed by atoms with Crippen molar-refractivity contribution in [3.05, 3.63) is 48.6 Å². The molecule has 1 saturated heterocycles. The van der Waals surface area contributed by atoms with Gasteiger partial charge in [0.25, 0.3) is 0 Å². The Balaban J connectivity index is 1.54. The normalized spacial score (nSPS) is 22.4. The molecule has 0 amide bonds. The molecule has 1 aromatic carbocycles. The van der Waals surface area contributed by atoms with Crippen molar-refractivity contribution in [3.63, 3.8) is 0 Å². The number of aryl methyl sites for hydroxylation is 1. The van der Waals surface area contributed by atoms with E-state index >= 15 is 0 Å². The zero-order chi connectivity index (χ0) is 11.9. The first-order chi connectivity index (χ1) is 8.40. The summed E-state index contributed by atoms with van der Waals surface area (Å²) in [6, 6.07) is 10.7. The van der Waals surface area contributed by atoms with Crippen LogP contribution >= 0.6 is 0 Å². The van der Waals surface area contributed by atoms with Crippen LogP contribution in [-0.2, 0) is 11.2 Å². The standard InChI is InChI=1S/C16H22O/c1-2-3-5-12-15-16(17-15)13-8-11-14-9-6-4-7-10-14/h2,4,6-7,9-10,15-16H,1,3,5,8,11-13H2. The predicted octanol–water partition coefficient (Wildman–Crippen LogP) is 4.13. The fourth-order valence-electron chi connectivity index (χ4n) is 2.30. The molecule has 92 valence electrons. The SMILES string of the molecule is C=CCCCC1OC1CCCc1ccccc1. The largest absolute Gasteiger partial charge is 0.370 e. The van der Waals surface area contributed by atoms with Gasteiger partial charge >= 0.3 is 0 Å². The molecular weight excluding hydrogens is 208 g/mol. The maximum Gasteiger partial charge on any atom is 0.0842 e. The molecule has 1 aliphatic rings. The summed E-state index contributed by atoms with van der Waals surface area (Å²) in [5.74, 6) is 0. The Kier molecular flexibility index (Phi) is 4.81. The van der Waals surface area contributed by atoms with E-state index in [2.05, 4.69) is 36.9 Å². The summed E-state index contributed by atoms with van der Waals surface area (Å²) in [6.45, 7) is 3.74. The van der Waals surface area contributed by atoms with Gasteiger partial charge < -0.3 is 4.74 Å². The van der Waals surface area contributed by atoms with Crippen molar-refractivity contribution in [2.45, 2.75) is 50.7 Å². The Morgan fingerprint density at radius 1 is 1.06 bits per heavy atom. The van der Waals surface area contributed by atoms with Crippen LogP contribution in [0, 0.1) is 0 Å². The van der Waals surface area contributed by atoms with Crippen LogP contribution in [0.4, 0.5) is 0 Å². The Morgan fingerprint density at radius 2 is 1.76 bits per heavy atom. The van der Waals surface area contributed by atoms with Crippen LogP contribution in [-0.4, -0.2) is 12.2 Å². The molecule has 0 aromatic heterocycles. The Labute approximate surface area is 104 Å². The van der Waals surface area contributed by atoms with Crippen molar-refractivity contribution >= 4 is 0 Å². The van der Waals surface area contributed by atoms with Gasteiger partial charge in [-0.2, -0.15) is 0 Å². The average Bonchev–Trinajstić information content (AvgIpc) is 3.10. The highest BCUT2D eigenvalue weighted by Gasteiger charge is 2.36. The zero-order valence-electron chi connectivity index (χ0n) is 10.5. The van der Waals surface area contributed by atoms with Crippen LogP contribution < -0.4 is 0 Å². The van der Waals surface area contributed by atoms with Gasteiger partial charge in [0.2, 0.25) is 0 Å². The smallest absolute Gasteiger partial charge is 0.0842 e. The molecule has 1 heterocycles. The maximum absolute atomic E-state index is 5.67. The molecule has 1 aliphatic heterocycles. The van der Waals surface area contributed by atoms with Crippen molar-refractivity contribution < 1.29 is 4.74 Å². The molecule has 0 aliphatic carbocycles. The molecule has 2 atom stereocenters. The van der Waals surface area contributed by atoms with Crippen LogP contribution in [0.15, 0.2) is 43.0 Å². The van der Waals surface area contributed by atoms with Gasteiger partial charge in [-0.05, 0) is 44.1 Å². The van der Waals surface area contributed by atoms with Crippen molar-refractivity contribution in [2.75, 3.05) is 0 Å². The molecule has 1 nitrogen and oxygen atoms in total. The lowest BCUT2D eigenvalue weighted by atomic mass is 10.0. The Bertz CT molecular complexity index is 331. The third kappa shape index (κ3) is 4.35. The van der Waals surface area contributed by atoms with Crippen molar-refractivity contribution in [1.29, 1.82) is 0 Å². The lowest BCUT2D eigenvalue weighted by Gasteiger charge is -1.99. The van der Waals surface area contributed by atoms with Crippen molar-refractivity contribution in [3.8, 4) is 0 Å². The number of hydrogen-bond acceptors (Lipinski definition) is 1. The number of unbranched alkanes of at least 4 members (excludes halogenated alkanes) is 1. The molecule has 1 fully saturated rings. The second-order valence-corrected chi connectivity index (χ2v) is 4.81. The molecule has 0 saturated carbocycles. The second kappa shape index (κ2) is 6.61. The Hall–Kier alpha value is -1.08. The molecule has 2 rings (SSSR count). The van der Waals surface area contributed by atoms with E-state index in [4.69, 9.17) is 4.74 Å². The maximum atomic E-state index is 5.67. The molecule has 0 spiro atoms. The number of rotatable bonds is 8. The highest BCUT2D eigenvalue weighted by atomic mass is 16.6. The minimum Gasteiger partial charge on any atom is -0.370 e. The highest BCUT2D eigenvalue weighted by molar-refractivity contribution is 5.14. The fourth-order valence-corrected chi connectivity index (χ4v) is 2.30. The van der Waals surface area contributed by atoms with Crippen molar-refractivity contribution in [1.82, 2.24) is 0 Å². The third-order valence-electron chi connectivity index (χ3n) is 3.38. The van der Waals surface area contributed by atoms with Crippen LogP contribution in [0.25, 0.3) is 0 Å². The summed E-state index contributed by atoms with van der Waals surface area (Å²) in [6.07, 6.45) is 10.3. The molecule has 2 unspecified atom stereocenters. The topological polar surface area (TPSA) is 12.5 Å². The van der Waals surface area contributed by atoms with Gasteiger partial charge in [-0.15, -0.1) is 6.58 Å². The predicted molar refractivity (Wildman–Crippen MR) is 72.1 cm³/mol. The first kappa shape index (κ1) is 12.4. The average molecular weight is 230 g/mol. The number of hydrogen-bond donors (Lipinski definition) is 0. The van der Waals surface area contributed by atoms with Crippen LogP contribution in [0.2, 0.25) is 0 Å². The van der Waals surface area contributed by atoms with E-state index in [1.807, 2.05) is 6.08 Å². The van der Waals surface area contributed by atoms with E-state index in [0.29, 0.717) is 12.2 Å². The van der Waals surface area contributed by atoms with E-state index in [-0.39, 0.29) is 0 Å². The number of benzene rings is 1. The van der Waals surface area contributed by atoms with E-state index < -0.39 is 0 Å². The van der Waals surface area contributed by atoms with E-state index in [9.17, 15) is 0 Å². The van der Waals surface area contributed by atoms with Crippen LogP contribution in [0.5, 0.6) is 0 Å². The first-order valence-corrected chi connectivity index (χ1v) is 6.70. The van der Waals surface area contributed by atoms with E-state index in [1.165, 1.54) is 37.7 Å². The van der Waals surface area contributed by atoms with Gasteiger partial charge in [0.15, 0.2) is 0 Å². The van der Waals surface area contributed by atoms with E-state index in [1.54, 1.807) is 0 Å². The third-order valence-corrected chi connectivity index (χ3v) is 3.38. The quantitative estimate of drug-likeness (QED) is 0.371. The number of allylic oxidation sites excluding steroid dienone is 1. The first-order valence-electron chi connectivity index (χ1n) is 6.70. The van der Waals surface area contributed by atoms with Crippen LogP contribution in [0.3, 0.4) is 0 Å². The minimum absolute atomic E-state index is 0.545. The summed E-state index contributed by atoms with van der Waals surface area (Å²) in [4.78, 5) is 0. The molecular formula is C16H22O. The monoisotopic (exact) mass is 230 g/mol. The fraction of sp³-hybridized carbons (Fsp3) is 0.500. The van der Waals surface area contributed by atoms with Gasteiger partial charge in [0, 0.05) is 0 Å². The molecule has 1 aromatic rings. The molecule has 0 N–H and O–H groups in total. The molecule has 17 heavy (non-hydrogen) atoms. The highest BCUT2D eigenvalue weighted by Crippen LogP contribution is 2.31. The van der Waals surface area contributed by atoms with E-state index in [0.717, 1.165) is 6.42 Å². The lowest BCUT2D eigenvalue weighted by molar-refractivity contribution is 0.351. The summed E-state index contributed by atoms with van der Waals surface area (Å²) in [5.41, 5.74) is 1.44. The summed E-state index contributed by atoms with van der Waals surface area (Å²) in [5, 5.41) is 0. The van der Waals surface area contributed by atoms with Gasteiger partial charge in [-0.25, -0.2) is 0 Å². The van der Waals surface area contributed by atoms with Crippen LogP contribution in [0.1, 0.15) is 37.7 Å². The summed E-state index contributed by atoms with van der Waals surface area (Å²) < 4.78 is 5.67. The minimum atomic E-state index is 0.545. The Morgan fingerprint density at radius 3 is 2.47 bits per heavy atom. The van der Waals surface area contributed by atoms with Crippen molar-refractivity contribution in [2.24, 2.45) is 0 Å². The molecule has 1 heteroatoms. The number of ether oxygens (including phenoxy) is 1. The van der Waals surface area contributed by atoms with Gasteiger partial charge in [0.1, 0.15) is 0 Å². The zero-order valence-corrected chi connectivity index (χ0v) is 10.5. The van der Waals surface area contributed by atoms with Gasteiger partial charge in [-0.1, -0.05) is 36.4 Å². The number of epoxide rings is 1. The second-order valence-electron chi connectivity index (χ2n) is 4.81. The van der Waals surface area contributed by atoms with Gasteiger partial charge in [0.05, 0.1) is 12.2 Å². The molecule has 0 bridgehead atoms. The molecule has 0 radical (unpaired) electrons.